The number of nitrogens with one attached hydrogen (secondary N) is 3. The van der Waals surface area contributed by atoms with Gasteiger partial charge in [-0.25, -0.2) is 0 Å². The van der Waals surface area contributed by atoms with Crippen LogP contribution in [0.15, 0.2) is 24.3 Å². The van der Waals surface area contributed by atoms with Crippen LogP contribution in [0.4, 0.5) is 0 Å². The van der Waals surface area contributed by atoms with Gasteiger partial charge in [-0.15, -0.1) is 0 Å². The molecule has 0 aromatic heterocycles. The molecule has 1 saturated heterocycles. The Morgan fingerprint density at radius 1 is 1.35 bits per heavy atom. The molecule has 2 fully saturated rings. The van der Waals surface area contributed by atoms with Gasteiger partial charge in [0.25, 0.3) is 0 Å². The molecule has 1 saturated carbocycles. The van der Waals surface area contributed by atoms with Crippen molar-refractivity contribution in [3.8, 4) is 5.75 Å². The molecule has 5 heteroatoms. The molecule has 0 spiro atoms. The van der Waals surface area contributed by atoms with Gasteiger partial charge in [0.15, 0.2) is 0 Å². The number of methoxy groups -OCH3 is 1. The Labute approximate surface area is 138 Å². The van der Waals surface area contributed by atoms with Crippen LogP contribution in [0.2, 0.25) is 0 Å². The molecule has 2 aliphatic rings. The quantitative estimate of drug-likeness (QED) is 0.772. The van der Waals surface area contributed by atoms with Crippen LogP contribution in [0, 0.1) is 11.8 Å². The topological polar surface area (TPSA) is 62.4 Å². The van der Waals surface area contributed by atoms with Crippen LogP contribution in [0.3, 0.4) is 0 Å². The number of rotatable bonds is 5. The molecule has 1 aromatic carbocycles. The SMILES string of the molecule is COc1cccc(CNCC2NC(=O)C3CC(C)CCC3N2)c1. The van der Waals surface area contributed by atoms with E-state index in [2.05, 4.69) is 28.9 Å². The van der Waals surface area contributed by atoms with E-state index in [4.69, 9.17) is 4.74 Å². The summed E-state index contributed by atoms with van der Waals surface area (Å²) in [4.78, 5) is 12.3. The van der Waals surface area contributed by atoms with Gasteiger partial charge in [0.1, 0.15) is 5.75 Å². The highest BCUT2D eigenvalue weighted by molar-refractivity contribution is 5.80. The van der Waals surface area contributed by atoms with Gasteiger partial charge < -0.3 is 15.4 Å². The number of hydrogen-bond acceptors (Lipinski definition) is 4. The molecule has 23 heavy (non-hydrogen) atoms. The monoisotopic (exact) mass is 317 g/mol. The Balaban J connectivity index is 1.48. The predicted octanol–water partition coefficient (Wildman–Crippen LogP) is 1.64. The van der Waals surface area contributed by atoms with E-state index in [9.17, 15) is 4.79 Å². The van der Waals surface area contributed by atoms with Crippen molar-refractivity contribution in [2.75, 3.05) is 13.7 Å². The van der Waals surface area contributed by atoms with Crippen molar-refractivity contribution in [1.29, 1.82) is 0 Å². The van der Waals surface area contributed by atoms with E-state index < -0.39 is 0 Å². The van der Waals surface area contributed by atoms with Gasteiger partial charge in [0.05, 0.1) is 19.2 Å². The van der Waals surface area contributed by atoms with Crippen molar-refractivity contribution in [2.45, 2.75) is 44.9 Å². The molecule has 0 radical (unpaired) electrons. The normalized spacial score (nSPS) is 30.4. The molecule has 1 aliphatic heterocycles. The van der Waals surface area contributed by atoms with E-state index >= 15 is 0 Å². The molecule has 0 bridgehead atoms. The van der Waals surface area contributed by atoms with E-state index in [1.807, 2.05) is 18.2 Å². The second-order valence-corrected chi connectivity index (χ2v) is 6.84. The lowest BCUT2D eigenvalue weighted by Crippen LogP contribution is -2.65. The molecule has 4 atom stereocenters. The molecule has 1 heterocycles. The van der Waals surface area contributed by atoms with Gasteiger partial charge in [-0.2, -0.15) is 0 Å². The van der Waals surface area contributed by atoms with Crippen LogP contribution in [0.1, 0.15) is 31.7 Å². The average Bonchev–Trinajstić information content (AvgIpc) is 2.56. The fraction of sp³-hybridized carbons (Fsp3) is 0.611. The summed E-state index contributed by atoms with van der Waals surface area (Å²) >= 11 is 0. The van der Waals surface area contributed by atoms with Crippen molar-refractivity contribution < 1.29 is 9.53 Å². The number of benzene rings is 1. The van der Waals surface area contributed by atoms with Crippen LogP contribution in [-0.4, -0.2) is 31.8 Å². The van der Waals surface area contributed by atoms with Crippen molar-refractivity contribution >= 4 is 5.91 Å². The zero-order valence-electron chi connectivity index (χ0n) is 14.0. The summed E-state index contributed by atoms with van der Waals surface area (Å²) in [6, 6.07) is 8.36. The lowest BCUT2D eigenvalue weighted by atomic mass is 9.77. The van der Waals surface area contributed by atoms with Gasteiger partial charge >= 0.3 is 0 Å². The summed E-state index contributed by atoms with van der Waals surface area (Å²) < 4.78 is 5.24. The van der Waals surface area contributed by atoms with Crippen molar-refractivity contribution in [3.05, 3.63) is 29.8 Å². The summed E-state index contributed by atoms with van der Waals surface area (Å²) in [6.07, 6.45) is 3.34. The van der Waals surface area contributed by atoms with E-state index in [1.54, 1.807) is 7.11 Å². The van der Waals surface area contributed by atoms with Crippen molar-refractivity contribution in [2.24, 2.45) is 11.8 Å². The number of carbonyl (C=O) groups is 1. The number of ether oxygens (including phenoxy) is 1. The summed E-state index contributed by atoms with van der Waals surface area (Å²) in [6.45, 7) is 3.73. The molecule has 1 amide bonds. The van der Waals surface area contributed by atoms with Gasteiger partial charge in [0, 0.05) is 19.1 Å². The van der Waals surface area contributed by atoms with Gasteiger partial charge in [-0.1, -0.05) is 19.1 Å². The van der Waals surface area contributed by atoms with E-state index in [-0.39, 0.29) is 18.0 Å². The lowest BCUT2D eigenvalue weighted by molar-refractivity contribution is -0.131. The second-order valence-electron chi connectivity index (χ2n) is 6.84. The summed E-state index contributed by atoms with van der Waals surface area (Å²) in [7, 11) is 1.68. The zero-order chi connectivity index (χ0) is 16.2. The fourth-order valence-electron chi connectivity index (χ4n) is 3.70. The first-order valence-corrected chi connectivity index (χ1v) is 8.56. The third-order valence-electron chi connectivity index (χ3n) is 4.99. The maximum atomic E-state index is 12.3. The first kappa shape index (κ1) is 16.3. The predicted molar refractivity (Wildman–Crippen MR) is 90.1 cm³/mol. The molecule has 4 unspecified atom stereocenters. The minimum Gasteiger partial charge on any atom is -0.497 e. The standard InChI is InChI=1S/C18H27N3O2/c1-12-6-7-16-15(8-12)18(22)21-17(20-16)11-19-10-13-4-3-5-14(9-13)23-2/h3-5,9,12,15-17,19-20H,6-8,10-11H2,1-2H3,(H,21,22). The van der Waals surface area contributed by atoms with E-state index in [1.165, 1.54) is 12.0 Å². The molecular weight excluding hydrogens is 290 g/mol. The minimum absolute atomic E-state index is 0.0164. The van der Waals surface area contributed by atoms with Crippen LogP contribution in [0.25, 0.3) is 0 Å². The third kappa shape index (κ3) is 4.03. The molecule has 3 N–H and O–H groups in total. The summed E-state index contributed by atoms with van der Waals surface area (Å²) in [5.74, 6) is 1.89. The number of fused-ring (bicyclic) bond motifs is 1. The van der Waals surface area contributed by atoms with Crippen LogP contribution in [0.5, 0.6) is 5.75 Å². The number of amides is 1. The first-order chi connectivity index (χ1) is 11.2. The zero-order valence-corrected chi connectivity index (χ0v) is 14.0. The van der Waals surface area contributed by atoms with Gasteiger partial charge in [-0.05, 0) is 42.9 Å². The minimum atomic E-state index is 0.0164. The Kier molecular flexibility index (Phi) is 5.18. The van der Waals surface area contributed by atoms with Crippen LogP contribution >= 0.6 is 0 Å². The molecule has 1 aromatic rings. The fourth-order valence-corrected chi connectivity index (χ4v) is 3.70. The highest BCUT2D eigenvalue weighted by atomic mass is 16.5. The molecule has 5 nitrogen and oxygen atoms in total. The van der Waals surface area contributed by atoms with Crippen LogP contribution in [-0.2, 0) is 11.3 Å². The highest BCUT2D eigenvalue weighted by Gasteiger charge is 2.38. The molecular formula is C18H27N3O2. The van der Waals surface area contributed by atoms with Crippen molar-refractivity contribution in [1.82, 2.24) is 16.0 Å². The largest absolute Gasteiger partial charge is 0.497 e. The summed E-state index contributed by atoms with van der Waals surface area (Å²) in [5.41, 5.74) is 1.18. The highest BCUT2D eigenvalue weighted by Crippen LogP contribution is 2.31. The number of carbonyl (C=O) groups excluding carboxylic acids is 1. The summed E-state index contributed by atoms with van der Waals surface area (Å²) in [5, 5.41) is 10.1. The molecule has 3 rings (SSSR count). The van der Waals surface area contributed by atoms with Crippen LogP contribution < -0.4 is 20.7 Å². The van der Waals surface area contributed by atoms with E-state index in [0.29, 0.717) is 12.0 Å². The van der Waals surface area contributed by atoms with Gasteiger partial charge in [0.2, 0.25) is 5.91 Å². The lowest BCUT2D eigenvalue weighted by Gasteiger charge is -2.42. The van der Waals surface area contributed by atoms with E-state index in [0.717, 1.165) is 31.7 Å². The average molecular weight is 317 g/mol. The molecule has 1 aliphatic carbocycles. The smallest absolute Gasteiger partial charge is 0.225 e. The second kappa shape index (κ2) is 7.32. The maximum absolute atomic E-state index is 12.3. The number of hydrogen-bond donors (Lipinski definition) is 3. The molecule has 126 valence electrons. The van der Waals surface area contributed by atoms with Gasteiger partial charge in [-0.3, -0.25) is 10.1 Å². The Hall–Kier alpha value is -1.59. The maximum Gasteiger partial charge on any atom is 0.225 e. The van der Waals surface area contributed by atoms with Crippen molar-refractivity contribution in [3.63, 3.8) is 0 Å². The first-order valence-electron chi connectivity index (χ1n) is 8.56. The Morgan fingerprint density at radius 2 is 2.22 bits per heavy atom. The third-order valence-corrected chi connectivity index (χ3v) is 4.99. The Morgan fingerprint density at radius 3 is 3.04 bits per heavy atom. The Bertz CT molecular complexity index is 549.